The van der Waals surface area contributed by atoms with E-state index in [0.717, 1.165) is 11.3 Å². The van der Waals surface area contributed by atoms with Crippen LogP contribution in [-0.2, 0) is 16.1 Å². The Morgan fingerprint density at radius 2 is 2.22 bits per heavy atom. The summed E-state index contributed by atoms with van der Waals surface area (Å²) >= 11 is 0. The van der Waals surface area contributed by atoms with Gasteiger partial charge in [-0.25, -0.2) is 0 Å². The molecule has 1 rings (SSSR count). The fraction of sp³-hybridized carbons (Fsp3) is 0.500. The summed E-state index contributed by atoms with van der Waals surface area (Å²) in [5.74, 6) is 0.555. The van der Waals surface area contributed by atoms with E-state index in [9.17, 15) is 4.79 Å². The largest absolute Gasteiger partial charge is 0.497 e. The molecule has 1 N–H and O–H groups in total. The lowest BCUT2D eigenvalue weighted by atomic mass is 10.1. The van der Waals surface area contributed by atoms with Gasteiger partial charge in [-0.15, -0.1) is 0 Å². The van der Waals surface area contributed by atoms with E-state index in [2.05, 4.69) is 5.32 Å². The molecule has 0 saturated carbocycles. The fourth-order valence-corrected chi connectivity index (χ4v) is 1.58. The van der Waals surface area contributed by atoms with Crippen LogP contribution < -0.4 is 10.1 Å². The van der Waals surface area contributed by atoms with Crippen LogP contribution in [0.1, 0.15) is 19.4 Å². The fourth-order valence-electron chi connectivity index (χ4n) is 1.58. The van der Waals surface area contributed by atoms with Gasteiger partial charge in [-0.2, -0.15) is 0 Å². The van der Waals surface area contributed by atoms with Crippen molar-refractivity contribution in [2.75, 3.05) is 20.3 Å². The molecule has 0 aliphatic carbocycles. The lowest BCUT2D eigenvalue weighted by Crippen LogP contribution is -2.27. The smallest absolute Gasteiger partial charge is 0.309 e. The Kier molecular flexibility index (Phi) is 6.22. The second kappa shape index (κ2) is 7.71. The summed E-state index contributed by atoms with van der Waals surface area (Å²) in [7, 11) is 1.65. The van der Waals surface area contributed by atoms with Crippen LogP contribution in [0.2, 0.25) is 0 Å². The summed E-state index contributed by atoms with van der Waals surface area (Å²) in [6.45, 7) is 5.42. The van der Waals surface area contributed by atoms with Gasteiger partial charge < -0.3 is 14.8 Å². The van der Waals surface area contributed by atoms with Gasteiger partial charge in [-0.1, -0.05) is 19.1 Å². The van der Waals surface area contributed by atoms with Crippen LogP contribution in [0.3, 0.4) is 0 Å². The number of nitrogens with one attached hydrogen (secondary N) is 1. The van der Waals surface area contributed by atoms with Gasteiger partial charge >= 0.3 is 5.97 Å². The maximum absolute atomic E-state index is 11.4. The predicted octanol–water partition coefficient (Wildman–Crippen LogP) is 1.98. The van der Waals surface area contributed by atoms with Crippen molar-refractivity contribution in [3.05, 3.63) is 29.8 Å². The quantitative estimate of drug-likeness (QED) is 0.753. The normalized spacial score (nSPS) is 11.9. The van der Waals surface area contributed by atoms with E-state index >= 15 is 0 Å². The average molecular weight is 251 g/mol. The summed E-state index contributed by atoms with van der Waals surface area (Å²) in [4.78, 5) is 11.4. The summed E-state index contributed by atoms with van der Waals surface area (Å²) < 4.78 is 10.1. The molecule has 1 aromatic rings. The molecule has 0 saturated heterocycles. The second-order valence-electron chi connectivity index (χ2n) is 4.14. The molecular weight excluding hydrogens is 230 g/mol. The number of hydrogen-bond donors (Lipinski definition) is 1. The molecule has 0 radical (unpaired) electrons. The Morgan fingerprint density at radius 1 is 1.44 bits per heavy atom. The zero-order chi connectivity index (χ0) is 13.4. The van der Waals surface area contributed by atoms with Crippen molar-refractivity contribution in [3.63, 3.8) is 0 Å². The molecule has 0 amide bonds. The molecule has 1 aromatic carbocycles. The van der Waals surface area contributed by atoms with E-state index in [1.54, 1.807) is 7.11 Å². The van der Waals surface area contributed by atoms with Gasteiger partial charge in [-0.3, -0.25) is 4.79 Å². The Labute approximate surface area is 108 Å². The molecule has 0 aliphatic heterocycles. The molecular formula is C14H21NO3. The Morgan fingerprint density at radius 3 is 2.89 bits per heavy atom. The third-order valence-electron chi connectivity index (χ3n) is 2.60. The molecule has 18 heavy (non-hydrogen) atoms. The highest BCUT2D eigenvalue weighted by atomic mass is 16.5. The SMILES string of the molecule is CCOC(=O)C(C)CNCc1cccc(OC)c1. The summed E-state index contributed by atoms with van der Waals surface area (Å²) in [5.41, 5.74) is 1.13. The third-order valence-corrected chi connectivity index (χ3v) is 2.60. The molecule has 0 bridgehead atoms. The van der Waals surface area contributed by atoms with Crippen LogP contribution >= 0.6 is 0 Å². The predicted molar refractivity (Wildman–Crippen MR) is 70.5 cm³/mol. The Bertz CT molecular complexity index is 379. The van der Waals surface area contributed by atoms with Crippen molar-refractivity contribution >= 4 is 5.97 Å². The standard InChI is InChI=1S/C14H21NO3/c1-4-18-14(16)11(2)9-15-10-12-6-5-7-13(8-12)17-3/h5-8,11,15H,4,9-10H2,1-3H3. The topological polar surface area (TPSA) is 47.6 Å². The monoisotopic (exact) mass is 251 g/mol. The third kappa shape index (κ3) is 4.75. The number of benzene rings is 1. The van der Waals surface area contributed by atoms with E-state index in [1.165, 1.54) is 0 Å². The molecule has 4 nitrogen and oxygen atoms in total. The molecule has 0 spiro atoms. The molecule has 0 aliphatic rings. The van der Waals surface area contributed by atoms with Gasteiger partial charge in [0.05, 0.1) is 19.6 Å². The van der Waals surface area contributed by atoms with Gasteiger partial charge in [0.25, 0.3) is 0 Å². The minimum Gasteiger partial charge on any atom is -0.497 e. The minimum atomic E-state index is -0.157. The molecule has 100 valence electrons. The average Bonchev–Trinajstić information content (AvgIpc) is 2.39. The van der Waals surface area contributed by atoms with Gasteiger partial charge in [0.1, 0.15) is 5.75 Å². The molecule has 0 heterocycles. The van der Waals surface area contributed by atoms with Gasteiger partial charge in [0, 0.05) is 13.1 Å². The van der Waals surface area contributed by atoms with E-state index in [4.69, 9.17) is 9.47 Å². The summed E-state index contributed by atoms with van der Waals surface area (Å²) in [6, 6.07) is 7.85. The molecule has 4 heteroatoms. The van der Waals surface area contributed by atoms with Crippen molar-refractivity contribution in [2.45, 2.75) is 20.4 Å². The van der Waals surface area contributed by atoms with Crippen LogP contribution in [0, 0.1) is 5.92 Å². The highest BCUT2D eigenvalue weighted by molar-refractivity contribution is 5.72. The van der Waals surface area contributed by atoms with Crippen molar-refractivity contribution in [2.24, 2.45) is 5.92 Å². The first-order valence-corrected chi connectivity index (χ1v) is 6.17. The highest BCUT2D eigenvalue weighted by Gasteiger charge is 2.12. The van der Waals surface area contributed by atoms with E-state index in [-0.39, 0.29) is 11.9 Å². The number of esters is 1. The maximum atomic E-state index is 11.4. The van der Waals surface area contributed by atoms with Gasteiger partial charge in [0.2, 0.25) is 0 Å². The first-order chi connectivity index (χ1) is 8.67. The molecule has 0 fully saturated rings. The molecule has 0 aromatic heterocycles. The van der Waals surface area contributed by atoms with Gasteiger partial charge in [0.15, 0.2) is 0 Å². The van der Waals surface area contributed by atoms with Crippen molar-refractivity contribution in [3.8, 4) is 5.75 Å². The van der Waals surface area contributed by atoms with E-state index in [0.29, 0.717) is 19.7 Å². The zero-order valence-electron chi connectivity index (χ0n) is 11.2. The summed E-state index contributed by atoms with van der Waals surface area (Å²) in [5, 5.41) is 3.24. The highest BCUT2D eigenvalue weighted by Crippen LogP contribution is 2.12. The lowest BCUT2D eigenvalue weighted by Gasteiger charge is -2.11. The number of carbonyl (C=O) groups excluding carboxylic acids is 1. The second-order valence-corrected chi connectivity index (χ2v) is 4.14. The Hall–Kier alpha value is -1.55. The van der Waals surface area contributed by atoms with Crippen LogP contribution in [-0.4, -0.2) is 26.2 Å². The van der Waals surface area contributed by atoms with Gasteiger partial charge in [-0.05, 0) is 24.6 Å². The zero-order valence-corrected chi connectivity index (χ0v) is 11.2. The number of carbonyl (C=O) groups is 1. The minimum absolute atomic E-state index is 0.129. The summed E-state index contributed by atoms with van der Waals surface area (Å²) in [6.07, 6.45) is 0. The lowest BCUT2D eigenvalue weighted by molar-refractivity contribution is -0.147. The molecule has 1 atom stereocenters. The van der Waals surface area contributed by atoms with Crippen LogP contribution in [0.25, 0.3) is 0 Å². The van der Waals surface area contributed by atoms with Crippen molar-refractivity contribution in [1.82, 2.24) is 5.32 Å². The molecule has 1 unspecified atom stereocenters. The maximum Gasteiger partial charge on any atom is 0.309 e. The number of ether oxygens (including phenoxy) is 2. The number of hydrogen-bond acceptors (Lipinski definition) is 4. The first-order valence-electron chi connectivity index (χ1n) is 6.17. The van der Waals surface area contributed by atoms with Crippen molar-refractivity contribution < 1.29 is 14.3 Å². The Balaban J connectivity index is 2.34. The number of rotatable bonds is 7. The first kappa shape index (κ1) is 14.5. The van der Waals surface area contributed by atoms with Crippen LogP contribution in [0.15, 0.2) is 24.3 Å². The number of methoxy groups -OCH3 is 1. The van der Waals surface area contributed by atoms with Crippen molar-refractivity contribution in [1.29, 1.82) is 0 Å². The van der Waals surface area contributed by atoms with Crippen LogP contribution in [0.4, 0.5) is 0 Å². The van der Waals surface area contributed by atoms with E-state index in [1.807, 2.05) is 38.1 Å². The van der Waals surface area contributed by atoms with E-state index < -0.39 is 0 Å². The van der Waals surface area contributed by atoms with Crippen LogP contribution in [0.5, 0.6) is 5.75 Å².